The van der Waals surface area contributed by atoms with Crippen LogP contribution in [-0.2, 0) is 0 Å². The first-order valence-electron chi connectivity index (χ1n) is 4.08. The van der Waals surface area contributed by atoms with Crippen LogP contribution in [0.3, 0.4) is 0 Å². The normalized spacial score (nSPS) is 28.0. The van der Waals surface area contributed by atoms with Crippen LogP contribution in [0, 0.1) is 0 Å². The topological polar surface area (TPSA) is 90.1 Å². The van der Waals surface area contributed by atoms with Gasteiger partial charge in [-0.05, 0) is 31.5 Å². The van der Waals surface area contributed by atoms with E-state index in [1.165, 1.54) is 0 Å². The zero-order chi connectivity index (χ0) is 9.03. The first kappa shape index (κ1) is 9.09. The highest BCUT2D eigenvalue weighted by atomic mass is 15.1. The third kappa shape index (κ3) is 2.25. The fourth-order valence-electron chi connectivity index (χ4n) is 1.22. The fraction of sp³-hybridized carbons (Fsp3) is 0.500. The minimum atomic E-state index is -0.502. The van der Waals surface area contributed by atoms with Gasteiger partial charge in [-0.2, -0.15) is 0 Å². The Labute approximate surface area is 72.5 Å². The van der Waals surface area contributed by atoms with Crippen molar-refractivity contribution in [2.24, 2.45) is 17.2 Å². The molecule has 7 N–H and O–H groups in total. The van der Waals surface area contributed by atoms with Gasteiger partial charge in [-0.3, -0.25) is 0 Å². The first-order chi connectivity index (χ1) is 5.66. The molecule has 1 aliphatic heterocycles. The van der Waals surface area contributed by atoms with Gasteiger partial charge in [-0.15, -0.1) is 0 Å². The van der Waals surface area contributed by atoms with Gasteiger partial charge in [0.05, 0.1) is 0 Å². The van der Waals surface area contributed by atoms with E-state index in [9.17, 15) is 0 Å². The second-order valence-corrected chi connectivity index (χ2v) is 3.05. The van der Waals surface area contributed by atoms with Crippen molar-refractivity contribution in [2.45, 2.75) is 18.5 Å². The molecule has 0 spiro atoms. The first-order valence-corrected chi connectivity index (χ1v) is 4.08. The third-order valence-corrected chi connectivity index (χ3v) is 1.85. The molecule has 0 saturated carbocycles. The van der Waals surface area contributed by atoms with Crippen molar-refractivity contribution in [3.63, 3.8) is 0 Å². The number of nitrogens with one attached hydrogen (secondary N) is 1. The Balaban J connectivity index is 2.54. The Kier molecular flexibility index (Phi) is 2.73. The van der Waals surface area contributed by atoms with Crippen LogP contribution in [0.4, 0.5) is 0 Å². The largest absolute Gasteiger partial charge is 0.399 e. The Morgan fingerprint density at radius 1 is 1.50 bits per heavy atom. The Morgan fingerprint density at radius 2 is 2.25 bits per heavy atom. The van der Waals surface area contributed by atoms with Crippen LogP contribution in [-0.4, -0.2) is 12.2 Å². The lowest BCUT2D eigenvalue weighted by Crippen LogP contribution is -2.51. The second-order valence-electron chi connectivity index (χ2n) is 3.05. The average molecular weight is 168 g/mol. The highest BCUT2D eigenvalue weighted by Crippen LogP contribution is 2.12. The van der Waals surface area contributed by atoms with E-state index in [2.05, 4.69) is 5.32 Å². The summed E-state index contributed by atoms with van der Waals surface area (Å²) in [6, 6.07) is 0. The maximum atomic E-state index is 5.96. The molecule has 1 heterocycles. The van der Waals surface area contributed by atoms with E-state index in [0.29, 0.717) is 12.2 Å². The highest BCUT2D eigenvalue weighted by molar-refractivity contribution is 5.25. The molecule has 4 nitrogen and oxygen atoms in total. The van der Waals surface area contributed by atoms with E-state index >= 15 is 0 Å². The van der Waals surface area contributed by atoms with E-state index in [-0.39, 0.29) is 0 Å². The molecule has 68 valence electrons. The Morgan fingerprint density at radius 3 is 2.83 bits per heavy atom. The Bertz CT molecular complexity index is 209. The van der Waals surface area contributed by atoms with Gasteiger partial charge in [-0.25, -0.2) is 0 Å². The molecule has 1 rings (SSSR count). The molecular weight excluding hydrogens is 152 g/mol. The molecule has 0 radical (unpaired) electrons. The second kappa shape index (κ2) is 3.60. The molecule has 1 aliphatic rings. The monoisotopic (exact) mass is 168 g/mol. The molecule has 0 fully saturated rings. The van der Waals surface area contributed by atoms with E-state index in [1.807, 2.05) is 6.08 Å². The fourth-order valence-corrected chi connectivity index (χ4v) is 1.22. The van der Waals surface area contributed by atoms with Gasteiger partial charge in [0, 0.05) is 11.9 Å². The standard InChI is InChI=1S/C8H16N4/c9-4-1-3-8(11)6-7(10)2-5-12-8/h2,5-6,12H,1,3-4,9-11H2. The number of hydrogen-bond donors (Lipinski definition) is 4. The van der Waals surface area contributed by atoms with E-state index in [1.54, 1.807) is 12.3 Å². The van der Waals surface area contributed by atoms with Crippen LogP contribution >= 0.6 is 0 Å². The number of hydrogen-bond acceptors (Lipinski definition) is 4. The van der Waals surface area contributed by atoms with E-state index in [4.69, 9.17) is 17.2 Å². The molecule has 1 unspecified atom stereocenters. The zero-order valence-electron chi connectivity index (χ0n) is 7.09. The third-order valence-electron chi connectivity index (χ3n) is 1.85. The van der Waals surface area contributed by atoms with Gasteiger partial charge in [0.15, 0.2) is 0 Å². The van der Waals surface area contributed by atoms with Crippen molar-refractivity contribution in [2.75, 3.05) is 6.54 Å². The molecule has 4 heteroatoms. The number of dihydropyridines is 1. The summed E-state index contributed by atoms with van der Waals surface area (Å²) >= 11 is 0. The van der Waals surface area contributed by atoms with Crippen molar-refractivity contribution in [1.29, 1.82) is 0 Å². The van der Waals surface area contributed by atoms with Crippen molar-refractivity contribution >= 4 is 0 Å². The lowest BCUT2D eigenvalue weighted by Gasteiger charge is -2.29. The summed E-state index contributed by atoms with van der Waals surface area (Å²) in [4.78, 5) is 0. The minimum absolute atomic E-state index is 0.502. The van der Waals surface area contributed by atoms with Crippen LogP contribution in [0.15, 0.2) is 24.0 Å². The molecule has 0 aliphatic carbocycles. The lowest BCUT2D eigenvalue weighted by molar-refractivity contribution is 0.420. The summed E-state index contributed by atoms with van der Waals surface area (Å²) in [6.07, 6.45) is 7.07. The smallest absolute Gasteiger partial charge is 0.107 e. The molecular formula is C8H16N4. The lowest BCUT2D eigenvalue weighted by atomic mass is 10.0. The predicted molar refractivity (Wildman–Crippen MR) is 49.8 cm³/mol. The van der Waals surface area contributed by atoms with Crippen LogP contribution < -0.4 is 22.5 Å². The zero-order valence-corrected chi connectivity index (χ0v) is 7.09. The van der Waals surface area contributed by atoms with Gasteiger partial charge in [0.1, 0.15) is 5.66 Å². The summed E-state index contributed by atoms with van der Waals surface area (Å²) in [6.45, 7) is 0.651. The van der Waals surface area contributed by atoms with E-state index < -0.39 is 5.66 Å². The summed E-state index contributed by atoms with van der Waals surface area (Å²) in [7, 11) is 0. The molecule has 0 amide bonds. The summed E-state index contributed by atoms with van der Waals surface area (Å²) in [5.74, 6) is 0. The summed E-state index contributed by atoms with van der Waals surface area (Å²) in [5, 5.41) is 3.05. The highest BCUT2D eigenvalue weighted by Gasteiger charge is 2.21. The molecule has 1 atom stereocenters. The summed E-state index contributed by atoms with van der Waals surface area (Å²) in [5.41, 5.74) is 17.2. The average Bonchev–Trinajstić information content (AvgIpc) is 2.01. The van der Waals surface area contributed by atoms with E-state index in [0.717, 1.165) is 12.8 Å². The number of nitrogens with two attached hydrogens (primary N) is 3. The van der Waals surface area contributed by atoms with Crippen LogP contribution in [0.5, 0.6) is 0 Å². The molecule has 0 saturated heterocycles. The quantitative estimate of drug-likeness (QED) is 0.450. The molecule has 0 aromatic carbocycles. The maximum Gasteiger partial charge on any atom is 0.107 e. The van der Waals surface area contributed by atoms with Gasteiger partial charge < -0.3 is 22.5 Å². The summed E-state index contributed by atoms with van der Waals surface area (Å²) < 4.78 is 0. The number of rotatable bonds is 3. The maximum absolute atomic E-state index is 5.96. The van der Waals surface area contributed by atoms with Crippen molar-refractivity contribution in [3.8, 4) is 0 Å². The minimum Gasteiger partial charge on any atom is -0.399 e. The van der Waals surface area contributed by atoms with Gasteiger partial charge in [0.2, 0.25) is 0 Å². The van der Waals surface area contributed by atoms with Crippen LogP contribution in [0.2, 0.25) is 0 Å². The molecule has 0 aromatic heterocycles. The van der Waals surface area contributed by atoms with Crippen LogP contribution in [0.1, 0.15) is 12.8 Å². The van der Waals surface area contributed by atoms with Crippen molar-refractivity contribution in [3.05, 3.63) is 24.0 Å². The Hall–Kier alpha value is -1.00. The van der Waals surface area contributed by atoms with Gasteiger partial charge in [0.25, 0.3) is 0 Å². The van der Waals surface area contributed by atoms with Gasteiger partial charge in [-0.1, -0.05) is 0 Å². The predicted octanol–water partition coefficient (Wildman–Crippen LogP) is -0.660. The van der Waals surface area contributed by atoms with Gasteiger partial charge >= 0.3 is 0 Å². The molecule has 0 bridgehead atoms. The van der Waals surface area contributed by atoms with Crippen molar-refractivity contribution < 1.29 is 0 Å². The molecule has 12 heavy (non-hydrogen) atoms. The number of allylic oxidation sites excluding steroid dienone is 1. The van der Waals surface area contributed by atoms with Crippen LogP contribution in [0.25, 0.3) is 0 Å². The molecule has 0 aromatic rings. The van der Waals surface area contributed by atoms with Crippen molar-refractivity contribution in [1.82, 2.24) is 5.32 Å². The SMILES string of the molecule is NCCCC1(N)C=C(N)C=CN1.